The zero-order valence-electron chi connectivity index (χ0n) is 16.6. The number of oxime groups is 1. The minimum atomic E-state index is -0.153. The number of Topliss-reactive ketones (excluding diaryl/α,β-unsaturated/α-hetero) is 2. The molecule has 0 saturated heterocycles. The van der Waals surface area contributed by atoms with Crippen molar-refractivity contribution in [3.63, 3.8) is 0 Å². The molecular weight excluding hydrogens is 326 g/mol. The molecule has 0 radical (unpaired) electrons. The van der Waals surface area contributed by atoms with Crippen molar-refractivity contribution in [1.29, 1.82) is 0 Å². The molecule has 0 N–H and O–H groups in total. The Bertz CT molecular complexity index is 641. The summed E-state index contributed by atoms with van der Waals surface area (Å²) in [5, 5.41) is 4.33. The molecule has 0 aromatic rings. The van der Waals surface area contributed by atoms with E-state index in [-0.39, 0.29) is 16.7 Å². The van der Waals surface area contributed by atoms with Gasteiger partial charge >= 0.3 is 0 Å². The van der Waals surface area contributed by atoms with E-state index < -0.39 is 0 Å². The minimum Gasteiger partial charge on any atom is -0.396 e. The Morgan fingerprint density at radius 2 is 1.88 bits per heavy atom. The summed E-state index contributed by atoms with van der Waals surface area (Å²) in [6.45, 7) is 7.26. The molecule has 4 heteroatoms. The van der Waals surface area contributed by atoms with E-state index in [1.54, 1.807) is 0 Å². The summed E-state index contributed by atoms with van der Waals surface area (Å²) in [5.74, 6) is 2.41. The first kappa shape index (κ1) is 18.2. The molecule has 0 aromatic carbocycles. The van der Waals surface area contributed by atoms with Crippen LogP contribution >= 0.6 is 0 Å². The Morgan fingerprint density at radius 3 is 2.65 bits per heavy atom. The number of hydrogen-bond acceptors (Lipinski definition) is 4. The van der Waals surface area contributed by atoms with Gasteiger partial charge in [-0.1, -0.05) is 25.9 Å². The highest BCUT2D eigenvalue weighted by atomic mass is 16.6. The predicted molar refractivity (Wildman–Crippen MR) is 101 cm³/mol. The van der Waals surface area contributed by atoms with Gasteiger partial charge in [0.2, 0.25) is 0 Å². The summed E-state index contributed by atoms with van der Waals surface area (Å²) in [4.78, 5) is 31.1. The largest absolute Gasteiger partial charge is 0.396 e. The number of carbonyl (C=O) groups is 2. The molecule has 26 heavy (non-hydrogen) atoms. The van der Waals surface area contributed by atoms with Crippen LogP contribution in [0.25, 0.3) is 0 Å². The first-order valence-electron chi connectivity index (χ1n) is 10.6. The summed E-state index contributed by atoms with van der Waals surface area (Å²) in [7, 11) is 0. The van der Waals surface area contributed by atoms with E-state index in [9.17, 15) is 9.59 Å². The van der Waals surface area contributed by atoms with Crippen molar-refractivity contribution >= 4 is 17.3 Å². The van der Waals surface area contributed by atoms with Crippen LogP contribution in [0.5, 0.6) is 0 Å². The summed E-state index contributed by atoms with van der Waals surface area (Å²) >= 11 is 0. The van der Waals surface area contributed by atoms with Crippen LogP contribution in [0, 0.1) is 34.5 Å². The zero-order chi connectivity index (χ0) is 18.5. The molecule has 4 rings (SSSR count). The molecule has 4 saturated carbocycles. The van der Waals surface area contributed by atoms with Gasteiger partial charge in [0, 0.05) is 24.2 Å². The van der Waals surface area contributed by atoms with Gasteiger partial charge in [-0.25, -0.2) is 0 Å². The second kappa shape index (κ2) is 6.45. The topological polar surface area (TPSA) is 55.7 Å². The van der Waals surface area contributed by atoms with Crippen molar-refractivity contribution in [3.8, 4) is 0 Å². The quantitative estimate of drug-likeness (QED) is 0.548. The van der Waals surface area contributed by atoms with E-state index in [4.69, 9.17) is 4.84 Å². The number of hydrogen-bond donors (Lipinski definition) is 0. The van der Waals surface area contributed by atoms with Gasteiger partial charge in [-0.3, -0.25) is 9.59 Å². The fourth-order valence-corrected chi connectivity index (χ4v) is 6.93. The van der Waals surface area contributed by atoms with Gasteiger partial charge in [-0.15, -0.1) is 0 Å². The highest BCUT2D eigenvalue weighted by Gasteiger charge is 2.62. The van der Waals surface area contributed by atoms with Crippen LogP contribution in [0.2, 0.25) is 0 Å². The van der Waals surface area contributed by atoms with Crippen LogP contribution in [-0.4, -0.2) is 23.9 Å². The zero-order valence-corrected chi connectivity index (χ0v) is 16.6. The van der Waals surface area contributed by atoms with Crippen LogP contribution in [0.3, 0.4) is 0 Å². The lowest BCUT2D eigenvalue weighted by atomic mass is 9.45. The normalized spacial score (nSPS) is 46.7. The molecule has 4 nitrogen and oxygen atoms in total. The highest BCUT2D eigenvalue weighted by Crippen LogP contribution is 2.64. The monoisotopic (exact) mass is 359 g/mol. The number of ketones is 2. The molecule has 0 amide bonds. The van der Waals surface area contributed by atoms with Crippen LogP contribution < -0.4 is 0 Å². The standard InChI is InChI=1S/C22H33NO3/c1-4-11-26-23-14-7-9-21(2)17-8-10-22(3)16(5-6-20(22)25)15(17)13-19(24)18(21)12-14/h15-18H,4-13H2,1-3H3/t15-,16-,17-,18+,21+,22-/m0/s1. The average molecular weight is 360 g/mol. The molecule has 4 fully saturated rings. The van der Waals surface area contributed by atoms with E-state index in [0.29, 0.717) is 42.3 Å². The molecule has 4 aliphatic carbocycles. The molecule has 0 aromatic heterocycles. The molecule has 144 valence electrons. The minimum absolute atomic E-state index is 0.0801. The Hall–Kier alpha value is -1.19. The average Bonchev–Trinajstić information content (AvgIpc) is 2.92. The summed E-state index contributed by atoms with van der Waals surface area (Å²) < 4.78 is 0. The molecule has 0 heterocycles. The molecule has 0 bridgehead atoms. The van der Waals surface area contributed by atoms with E-state index in [2.05, 4.69) is 25.9 Å². The van der Waals surface area contributed by atoms with Crippen molar-refractivity contribution in [2.45, 2.75) is 78.6 Å². The maximum Gasteiger partial charge on any atom is 0.139 e. The fraction of sp³-hybridized carbons (Fsp3) is 0.864. The third-order valence-corrected chi connectivity index (χ3v) is 8.50. The second-order valence-electron chi connectivity index (χ2n) is 9.72. The van der Waals surface area contributed by atoms with Gasteiger partial charge < -0.3 is 4.84 Å². The van der Waals surface area contributed by atoms with Crippen molar-refractivity contribution in [2.24, 2.45) is 39.7 Å². The number of carbonyl (C=O) groups excluding carboxylic acids is 2. The van der Waals surface area contributed by atoms with Gasteiger partial charge in [-0.05, 0) is 68.1 Å². The van der Waals surface area contributed by atoms with Crippen LogP contribution in [0.1, 0.15) is 78.6 Å². The summed E-state index contributed by atoms with van der Waals surface area (Å²) in [6, 6.07) is 0. The Morgan fingerprint density at radius 1 is 1.08 bits per heavy atom. The van der Waals surface area contributed by atoms with E-state index >= 15 is 0 Å². The summed E-state index contributed by atoms with van der Waals surface area (Å²) in [6.07, 6.45) is 8.28. The van der Waals surface area contributed by atoms with E-state index in [1.807, 2.05) is 0 Å². The summed E-state index contributed by atoms with van der Waals surface area (Å²) in [5.41, 5.74) is 1.00. The predicted octanol–water partition coefficient (Wildman–Crippen LogP) is 4.56. The maximum absolute atomic E-state index is 13.2. The van der Waals surface area contributed by atoms with Gasteiger partial charge in [0.1, 0.15) is 18.2 Å². The van der Waals surface area contributed by atoms with Crippen LogP contribution in [-0.2, 0) is 14.4 Å². The van der Waals surface area contributed by atoms with Crippen molar-refractivity contribution in [1.82, 2.24) is 0 Å². The Kier molecular flexibility index (Phi) is 4.51. The molecule has 4 aliphatic rings. The van der Waals surface area contributed by atoms with Gasteiger partial charge in [0.15, 0.2) is 0 Å². The van der Waals surface area contributed by atoms with Crippen LogP contribution in [0.4, 0.5) is 0 Å². The molecule has 0 unspecified atom stereocenters. The molecular formula is C22H33NO3. The SMILES string of the molecule is CCCON=C1CC[C@@]2(C)[C@H](C1)C(=O)C[C@@H]1[C@@H]2CC[C@]2(C)C(=O)CC[C@@H]12. The van der Waals surface area contributed by atoms with E-state index in [0.717, 1.165) is 57.1 Å². The Labute approximate surface area is 157 Å². The highest BCUT2D eigenvalue weighted by molar-refractivity contribution is 5.93. The Balaban J connectivity index is 1.57. The van der Waals surface area contributed by atoms with Gasteiger partial charge in [0.05, 0.1) is 5.71 Å². The third-order valence-electron chi connectivity index (χ3n) is 8.50. The van der Waals surface area contributed by atoms with Crippen molar-refractivity contribution in [2.75, 3.05) is 6.61 Å². The van der Waals surface area contributed by atoms with Gasteiger partial charge in [-0.2, -0.15) is 0 Å². The number of fused-ring (bicyclic) bond motifs is 5. The maximum atomic E-state index is 13.2. The molecule has 0 spiro atoms. The number of nitrogens with zero attached hydrogens (tertiary/aromatic N) is 1. The molecule has 0 aliphatic heterocycles. The fourth-order valence-electron chi connectivity index (χ4n) is 6.93. The van der Waals surface area contributed by atoms with E-state index in [1.165, 1.54) is 0 Å². The first-order chi connectivity index (χ1) is 12.4. The van der Waals surface area contributed by atoms with Gasteiger partial charge in [0.25, 0.3) is 0 Å². The number of rotatable bonds is 3. The van der Waals surface area contributed by atoms with Crippen LogP contribution in [0.15, 0.2) is 5.16 Å². The second-order valence-corrected chi connectivity index (χ2v) is 9.72. The first-order valence-corrected chi connectivity index (χ1v) is 10.6. The lowest BCUT2D eigenvalue weighted by molar-refractivity contribution is -0.152. The lowest BCUT2D eigenvalue weighted by Gasteiger charge is -2.58. The molecule has 6 atom stereocenters. The van der Waals surface area contributed by atoms with Crippen molar-refractivity contribution < 1.29 is 14.4 Å². The smallest absolute Gasteiger partial charge is 0.139 e. The van der Waals surface area contributed by atoms with Crippen molar-refractivity contribution in [3.05, 3.63) is 0 Å². The lowest BCUT2D eigenvalue weighted by Crippen LogP contribution is -2.56. The third kappa shape index (κ3) is 2.58.